The number of hydrogen-bond acceptors (Lipinski definition) is 3. The minimum absolute atomic E-state index is 0. The molecule has 20 heavy (non-hydrogen) atoms. The Morgan fingerprint density at radius 2 is 1.95 bits per heavy atom. The molecule has 0 spiro atoms. The van der Waals surface area contributed by atoms with Crippen LogP contribution in [-0.2, 0) is 0 Å². The fraction of sp³-hybridized carbons (Fsp3) is 0.133. The zero-order valence-corrected chi connectivity index (χ0v) is 12.0. The van der Waals surface area contributed by atoms with Gasteiger partial charge in [-0.05, 0) is 43.7 Å². The van der Waals surface area contributed by atoms with Crippen LogP contribution in [0.5, 0.6) is 0 Å². The number of fused-ring (bicyclic) bond motifs is 1. The molecule has 3 aromatic heterocycles. The van der Waals surface area contributed by atoms with Gasteiger partial charge in [0.1, 0.15) is 5.65 Å². The van der Waals surface area contributed by atoms with Crippen LogP contribution in [0.3, 0.4) is 0 Å². The Morgan fingerprint density at radius 3 is 2.65 bits per heavy atom. The summed E-state index contributed by atoms with van der Waals surface area (Å²) in [7, 11) is 0. The Labute approximate surface area is 122 Å². The third-order valence-corrected chi connectivity index (χ3v) is 3.10. The van der Waals surface area contributed by atoms with E-state index in [4.69, 9.17) is 0 Å². The predicted octanol–water partition coefficient (Wildman–Crippen LogP) is 3.02. The normalized spacial score (nSPS) is 10.3. The second-order valence-electron chi connectivity index (χ2n) is 4.57. The molecule has 0 saturated carbocycles. The van der Waals surface area contributed by atoms with Crippen molar-refractivity contribution in [2.75, 3.05) is 0 Å². The molecule has 1 N–H and O–H groups in total. The molecule has 0 aromatic carbocycles. The average Bonchev–Trinajstić information content (AvgIpc) is 2.38. The van der Waals surface area contributed by atoms with Crippen molar-refractivity contribution in [1.29, 1.82) is 0 Å². The molecule has 0 bridgehead atoms. The minimum Gasteiger partial charge on any atom is -0.306 e. The molecule has 0 aliphatic heterocycles. The van der Waals surface area contributed by atoms with Crippen molar-refractivity contribution in [3.8, 4) is 11.3 Å². The maximum Gasteiger partial charge on any atom is 0.259 e. The lowest BCUT2D eigenvalue weighted by Crippen LogP contribution is -2.10. The van der Waals surface area contributed by atoms with E-state index in [1.807, 2.05) is 44.2 Å². The summed E-state index contributed by atoms with van der Waals surface area (Å²) in [4.78, 5) is 23.5. The second kappa shape index (κ2) is 5.43. The van der Waals surface area contributed by atoms with Crippen LogP contribution < -0.4 is 5.56 Å². The first kappa shape index (κ1) is 14.2. The van der Waals surface area contributed by atoms with E-state index in [1.165, 1.54) is 0 Å². The second-order valence-corrected chi connectivity index (χ2v) is 4.57. The SMILES string of the molecule is Cc1cc(C)c2cc(-c3ccccn3)c(=O)[nH]c2n1.Cl. The fourth-order valence-corrected chi connectivity index (χ4v) is 2.22. The smallest absolute Gasteiger partial charge is 0.259 e. The van der Waals surface area contributed by atoms with E-state index in [0.717, 1.165) is 16.6 Å². The first-order valence-electron chi connectivity index (χ1n) is 6.08. The number of aromatic nitrogens is 3. The molecule has 0 atom stereocenters. The van der Waals surface area contributed by atoms with Gasteiger partial charge in [-0.15, -0.1) is 12.4 Å². The van der Waals surface area contributed by atoms with Gasteiger partial charge in [-0.1, -0.05) is 6.07 Å². The zero-order valence-electron chi connectivity index (χ0n) is 11.2. The highest BCUT2D eigenvalue weighted by Crippen LogP contribution is 2.20. The summed E-state index contributed by atoms with van der Waals surface area (Å²) in [5, 5.41) is 0.950. The largest absolute Gasteiger partial charge is 0.306 e. The Morgan fingerprint density at radius 1 is 1.15 bits per heavy atom. The number of halogens is 1. The average molecular weight is 288 g/mol. The molecule has 5 heteroatoms. The summed E-state index contributed by atoms with van der Waals surface area (Å²) in [5.74, 6) is 0. The highest BCUT2D eigenvalue weighted by Gasteiger charge is 2.09. The van der Waals surface area contributed by atoms with Crippen molar-refractivity contribution in [3.05, 3.63) is 58.1 Å². The summed E-state index contributed by atoms with van der Waals surface area (Å²) in [6.45, 7) is 3.93. The number of nitrogens with zero attached hydrogens (tertiary/aromatic N) is 2. The van der Waals surface area contributed by atoms with Crippen molar-refractivity contribution in [3.63, 3.8) is 0 Å². The highest BCUT2D eigenvalue weighted by atomic mass is 35.5. The first-order valence-corrected chi connectivity index (χ1v) is 6.08. The molecule has 0 saturated heterocycles. The van der Waals surface area contributed by atoms with Crippen molar-refractivity contribution in [1.82, 2.24) is 15.0 Å². The van der Waals surface area contributed by atoms with Gasteiger partial charge in [0.25, 0.3) is 5.56 Å². The minimum atomic E-state index is -0.163. The molecule has 0 aliphatic rings. The van der Waals surface area contributed by atoms with E-state index in [0.29, 0.717) is 16.9 Å². The van der Waals surface area contributed by atoms with Crippen LogP contribution in [0.1, 0.15) is 11.3 Å². The zero-order chi connectivity index (χ0) is 13.4. The van der Waals surface area contributed by atoms with E-state index < -0.39 is 0 Å². The van der Waals surface area contributed by atoms with Gasteiger partial charge in [-0.2, -0.15) is 0 Å². The third-order valence-electron chi connectivity index (χ3n) is 3.10. The molecule has 0 amide bonds. The molecule has 4 nitrogen and oxygen atoms in total. The van der Waals surface area contributed by atoms with E-state index >= 15 is 0 Å². The van der Waals surface area contributed by atoms with Crippen LogP contribution in [0.25, 0.3) is 22.3 Å². The molecule has 3 heterocycles. The number of rotatable bonds is 1. The summed E-state index contributed by atoms with van der Waals surface area (Å²) < 4.78 is 0. The number of H-pyrrole nitrogens is 1. The lowest BCUT2D eigenvalue weighted by molar-refractivity contribution is 1.16. The summed E-state index contributed by atoms with van der Waals surface area (Å²) in [5.41, 5.74) is 3.69. The van der Waals surface area contributed by atoms with Gasteiger partial charge >= 0.3 is 0 Å². The van der Waals surface area contributed by atoms with Gasteiger partial charge in [0, 0.05) is 17.3 Å². The van der Waals surface area contributed by atoms with Gasteiger partial charge in [-0.25, -0.2) is 4.98 Å². The topological polar surface area (TPSA) is 58.6 Å². The summed E-state index contributed by atoms with van der Waals surface area (Å²) in [6, 6.07) is 9.38. The van der Waals surface area contributed by atoms with Crippen LogP contribution >= 0.6 is 12.4 Å². The van der Waals surface area contributed by atoms with Gasteiger partial charge in [0.15, 0.2) is 0 Å². The van der Waals surface area contributed by atoms with Crippen molar-refractivity contribution in [2.24, 2.45) is 0 Å². The number of aromatic amines is 1. The van der Waals surface area contributed by atoms with Crippen LogP contribution in [0.2, 0.25) is 0 Å². The lowest BCUT2D eigenvalue weighted by atomic mass is 10.1. The Balaban J connectivity index is 0.00000147. The first-order chi connectivity index (χ1) is 9.15. The number of nitrogens with one attached hydrogen (secondary N) is 1. The number of hydrogen-bond donors (Lipinski definition) is 1. The van der Waals surface area contributed by atoms with Crippen molar-refractivity contribution >= 4 is 23.4 Å². The van der Waals surface area contributed by atoms with E-state index in [2.05, 4.69) is 15.0 Å². The molecular weight excluding hydrogens is 274 g/mol. The number of pyridine rings is 3. The molecule has 3 aromatic rings. The lowest BCUT2D eigenvalue weighted by Gasteiger charge is -2.06. The predicted molar refractivity (Wildman–Crippen MR) is 82.3 cm³/mol. The van der Waals surface area contributed by atoms with Crippen LogP contribution in [0.15, 0.2) is 41.3 Å². The maximum atomic E-state index is 12.1. The maximum absolute atomic E-state index is 12.1. The van der Waals surface area contributed by atoms with Gasteiger partial charge in [-0.3, -0.25) is 9.78 Å². The number of aryl methyl sites for hydroxylation is 2. The van der Waals surface area contributed by atoms with E-state index in [-0.39, 0.29) is 18.0 Å². The standard InChI is InChI=1S/C15H13N3O.ClH/c1-9-7-10(2)17-14-11(9)8-12(15(19)18-14)13-5-3-4-6-16-13;/h3-8H,1-2H3,(H,17,18,19);1H. The van der Waals surface area contributed by atoms with Crippen molar-refractivity contribution < 1.29 is 0 Å². The molecule has 0 radical (unpaired) electrons. The van der Waals surface area contributed by atoms with Gasteiger partial charge in [0.2, 0.25) is 0 Å². The Bertz CT molecular complexity index is 812. The molecule has 0 fully saturated rings. The van der Waals surface area contributed by atoms with Crippen LogP contribution in [0.4, 0.5) is 0 Å². The molecule has 102 valence electrons. The van der Waals surface area contributed by atoms with E-state index in [1.54, 1.807) is 6.20 Å². The molecular formula is C15H14ClN3O. The monoisotopic (exact) mass is 287 g/mol. The quantitative estimate of drug-likeness (QED) is 0.748. The van der Waals surface area contributed by atoms with Crippen LogP contribution in [0, 0.1) is 13.8 Å². The van der Waals surface area contributed by atoms with Gasteiger partial charge < -0.3 is 4.98 Å². The molecule has 3 rings (SSSR count). The Kier molecular flexibility index (Phi) is 3.86. The third kappa shape index (κ3) is 2.42. The Hall–Kier alpha value is -2.20. The van der Waals surface area contributed by atoms with Crippen LogP contribution in [-0.4, -0.2) is 15.0 Å². The highest BCUT2D eigenvalue weighted by molar-refractivity contribution is 5.85. The summed E-state index contributed by atoms with van der Waals surface area (Å²) >= 11 is 0. The van der Waals surface area contributed by atoms with E-state index in [9.17, 15) is 4.79 Å². The fourth-order valence-electron chi connectivity index (χ4n) is 2.22. The molecule has 0 aliphatic carbocycles. The molecule has 0 unspecified atom stereocenters. The summed E-state index contributed by atoms with van der Waals surface area (Å²) in [6.07, 6.45) is 1.68. The van der Waals surface area contributed by atoms with Gasteiger partial charge in [0.05, 0.1) is 11.3 Å². The van der Waals surface area contributed by atoms with Crippen molar-refractivity contribution in [2.45, 2.75) is 13.8 Å².